The van der Waals surface area contributed by atoms with Crippen molar-refractivity contribution in [1.29, 1.82) is 0 Å². The van der Waals surface area contributed by atoms with Gasteiger partial charge in [0, 0.05) is 50.0 Å². The SMILES string of the molecule is CCN(Cc1ccncc1)c1ncc(CNC)cn1. The maximum absolute atomic E-state index is 4.42. The first kappa shape index (κ1) is 13.4. The molecule has 0 aliphatic heterocycles. The van der Waals surface area contributed by atoms with Crippen LogP contribution >= 0.6 is 0 Å². The van der Waals surface area contributed by atoms with E-state index in [9.17, 15) is 0 Å². The molecule has 2 aromatic heterocycles. The van der Waals surface area contributed by atoms with Crippen LogP contribution in [-0.4, -0.2) is 28.5 Å². The largest absolute Gasteiger partial charge is 0.337 e. The van der Waals surface area contributed by atoms with E-state index in [0.717, 1.165) is 31.1 Å². The predicted octanol–water partition coefficient (Wildman–Crippen LogP) is 1.62. The van der Waals surface area contributed by atoms with E-state index in [-0.39, 0.29) is 0 Å². The second-order valence-corrected chi connectivity index (χ2v) is 4.29. The molecule has 0 amide bonds. The van der Waals surface area contributed by atoms with Crippen molar-refractivity contribution in [3.05, 3.63) is 48.0 Å². The van der Waals surface area contributed by atoms with Gasteiger partial charge in [0.25, 0.3) is 0 Å². The zero-order valence-electron chi connectivity index (χ0n) is 11.4. The number of pyridine rings is 1. The molecule has 2 heterocycles. The van der Waals surface area contributed by atoms with Crippen LogP contribution in [0.3, 0.4) is 0 Å². The van der Waals surface area contributed by atoms with Crippen LogP contribution in [0.2, 0.25) is 0 Å². The van der Waals surface area contributed by atoms with Crippen LogP contribution in [0.4, 0.5) is 5.95 Å². The van der Waals surface area contributed by atoms with E-state index in [1.807, 2.05) is 31.6 Å². The van der Waals surface area contributed by atoms with Crippen molar-refractivity contribution in [3.63, 3.8) is 0 Å². The molecular weight excluding hydrogens is 238 g/mol. The molecule has 0 saturated carbocycles. The molecule has 0 aliphatic carbocycles. The Kier molecular flexibility index (Phi) is 4.80. The van der Waals surface area contributed by atoms with Gasteiger partial charge < -0.3 is 10.2 Å². The van der Waals surface area contributed by atoms with Crippen LogP contribution < -0.4 is 10.2 Å². The number of hydrogen-bond acceptors (Lipinski definition) is 5. The summed E-state index contributed by atoms with van der Waals surface area (Å²) in [7, 11) is 1.91. The number of rotatable bonds is 6. The van der Waals surface area contributed by atoms with Gasteiger partial charge in [-0.1, -0.05) is 0 Å². The number of nitrogens with one attached hydrogen (secondary N) is 1. The van der Waals surface area contributed by atoms with E-state index in [1.165, 1.54) is 5.56 Å². The molecule has 0 spiro atoms. The number of aromatic nitrogens is 3. The third-order valence-electron chi connectivity index (χ3n) is 2.86. The zero-order chi connectivity index (χ0) is 13.5. The summed E-state index contributed by atoms with van der Waals surface area (Å²) in [5.41, 5.74) is 2.30. The Hall–Kier alpha value is -2.01. The molecule has 0 saturated heterocycles. The average molecular weight is 257 g/mol. The summed E-state index contributed by atoms with van der Waals surface area (Å²) in [5.74, 6) is 0.763. The number of anilines is 1. The summed E-state index contributed by atoms with van der Waals surface area (Å²) in [6.07, 6.45) is 7.35. The highest BCUT2D eigenvalue weighted by molar-refractivity contribution is 5.31. The van der Waals surface area contributed by atoms with Crippen LogP contribution in [0.5, 0.6) is 0 Å². The highest BCUT2D eigenvalue weighted by Gasteiger charge is 2.08. The van der Waals surface area contributed by atoms with Crippen LogP contribution in [0.25, 0.3) is 0 Å². The molecule has 100 valence electrons. The third-order valence-corrected chi connectivity index (χ3v) is 2.86. The topological polar surface area (TPSA) is 53.9 Å². The summed E-state index contributed by atoms with van der Waals surface area (Å²) >= 11 is 0. The van der Waals surface area contributed by atoms with E-state index < -0.39 is 0 Å². The predicted molar refractivity (Wildman–Crippen MR) is 75.8 cm³/mol. The van der Waals surface area contributed by atoms with Crippen LogP contribution in [-0.2, 0) is 13.1 Å². The second-order valence-electron chi connectivity index (χ2n) is 4.29. The van der Waals surface area contributed by atoms with Crippen molar-refractivity contribution in [1.82, 2.24) is 20.3 Å². The monoisotopic (exact) mass is 257 g/mol. The molecule has 19 heavy (non-hydrogen) atoms. The maximum atomic E-state index is 4.42. The van der Waals surface area contributed by atoms with E-state index in [2.05, 4.69) is 32.1 Å². The molecule has 0 aliphatic rings. The Morgan fingerprint density at radius 1 is 1.11 bits per heavy atom. The lowest BCUT2D eigenvalue weighted by molar-refractivity contribution is 0.772. The van der Waals surface area contributed by atoms with Gasteiger partial charge in [-0.15, -0.1) is 0 Å². The first-order valence-electron chi connectivity index (χ1n) is 6.43. The minimum atomic E-state index is 0.763. The van der Waals surface area contributed by atoms with Crippen molar-refractivity contribution >= 4 is 5.95 Å². The third kappa shape index (κ3) is 3.72. The van der Waals surface area contributed by atoms with Gasteiger partial charge in [-0.25, -0.2) is 9.97 Å². The second kappa shape index (κ2) is 6.80. The smallest absolute Gasteiger partial charge is 0.225 e. The fraction of sp³-hybridized carbons (Fsp3) is 0.357. The van der Waals surface area contributed by atoms with Gasteiger partial charge in [-0.2, -0.15) is 0 Å². The van der Waals surface area contributed by atoms with Crippen molar-refractivity contribution in [2.24, 2.45) is 0 Å². The van der Waals surface area contributed by atoms with Crippen molar-refractivity contribution in [2.45, 2.75) is 20.0 Å². The first-order chi connectivity index (χ1) is 9.33. The standard InChI is InChI=1S/C14H19N5/c1-3-19(11-12-4-6-16-7-5-12)14-17-9-13(8-15-2)10-18-14/h4-7,9-10,15H,3,8,11H2,1-2H3. The van der Waals surface area contributed by atoms with Gasteiger partial charge in [0.1, 0.15) is 0 Å². The molecule has 1 N–H and O–H groups in total. The van der Waals surface area contributed by atoms with Gasteiger partial charge in [0.2, 0.25) is 5.95 Å². The molecule has 0 atom stereocenters. The fourth-order valence-corrected chi connectivity index (χ4v) is 1.84. The minimum absolute atomic E-state index is 0.763. The van der Waals surface area contributed by atoms with Crippen molar-refractivity contribution < 1.29 is 0 Å². The lowest BCUT2D eigenvalue weighted by Gasteiger charge is -2.20. The van der Waals surface area contributed by atoms with Gasteiger partial charge in [-0.05, 0) is 31.7 Å². The lowest BCUT2D eigenvalue weighted by Crippen LogP contribution is -2.24. The molecule has 5 heteroatoms. The Labute approximate surface area is 113 Å². The maximum Gasteiger partial charge on any atom is 0.225 e. The zero-order valence-corrected chi connectivity index (χ0v) is 11.4. The Bertz CT molecular complexity index is 483. The summed E-state index contributed by atoms with van der Waals surface area (Å²) in [5, 5.41) is 3.09. The Morgan fingerprint density at radius 2 is 1.79 bits per heavy atom. The van der Waals surface area contributed by atoms with E-state index in [0.29, 0.717) is 0 Å². The van der Waals surface area contributed by atoms with Gasteiger partial charge in [0.05, 0.1) is 0 Å². The Balaban J connectivity index is 2.08. The van der Waals surface area contributed by atoms with E-state index in [1.54, 1.807) is 12.4 Å². The average Bonchev–Trinajstić information content (AvgIpc) is 2.47. The minimum Gasteiger partial charge on any atom is -0.337 e. The molecule has 0 aromatic carbocycles. The molecule has 0 radical (unpaired) electrons. The van der Waals surface area contributed by atoms with E-state index >= 15 is 0 Å². The molecule has 0 fully saturated rings. The lowest BCUT2D eigenvalue weighted by atomic mass is 10.2. The van der Waals surface area contributed by atoms with Crippen LogP contribution in [0, 0.1) is 0 Å². The van der Waals surface area contributed by atoms with Gasteiger partial charge >= 0.3 is 0 Å². The first-order valence-corrected chi connectivity index (χ1v) is 6.43. The highest BCUT2D eigenvalue weighted by atomic mass is 15.2. The summed E-state index contributed by atoms with van der Waals surface area (Å²) in [4.78, 5) is 15.0. The molecule has 2 rings (SSSR count). The van der Waals surface area contributed by atoms with Gasteiger partial charge in [-0.3, -0.25) is 4.98 Å². The Morgan fingerprint density at radius 3 is 2.37 bits per heavy atom. The summed E-state index contributed by atoms with van der Waals surface area (Å²) < 4.78 is 0. The van der Waals surface area contributed by atoms with Crippen LogP contribution in [0.15, 0.2) is 36.9 Å². The highest BCUT2D eigenvalue weighted by Crippen LogP contribution is 2.11. The van der Waals surface area contributed by atoms with Crippen molar-refractivity contribution in [3.8, 4) is 0 Å². The van der Waals surface area contributed by atoms with Crippen molar-refractivity contribution in [2.75, 3.05) is 18.5 Å². The van der Waals surface area contributed by atoms with E-state index in [4.69, 9.17) is 0 Å². The quantitative estimate of drug-likeness (QED) is 0.852. The number of hydrogen-bond donors (Lipinski definition) is 1. The van der Waals surface area contributed by atoms with Gasteiger partial charge in [0.15, 0.2) is 0 Å². The molecular formula is C14H19N5. The summed E-state index contributed by atoms with van der Waals surface area (Å²) in [6.45, 7) is 4.56. The normalized spacial score (nSPS) is 10.4. The molecule has 5 nitrogen and oxygen atoms in total. The summed E-state index contributed by atoms with van der Waals surface area (Å²) in [6, 6.07) is 4.02. The molecule has 0 unspecified atom stereocenters. The molecule has 2 aromatic rings. The fourth-order valence-electron chi connectivity index (χ4n) is 1.84. The number of nitrogens with zero attached hydrogens (tertiary/aromatic N) is 4. The molecule has 0 bridgehead atoms. The van der Waals surface area contributed by atoms with Crippen LogP contribution in [0.1, 0.15) is 18.1 Å².